The summed E-state index contributed by atoms with van der Waals surface area (Å²) in [6, 6.07) is 0. The average Bonchev–Trinajstić information content (AvgIpc) is 2.87. The predicted molar refractivity (Wildman–Crippen MR) is 80.2 cm³/mol. The van der Waals surface area contributed by atoms with Crippen molar-refractivity contribution in [1.82, 2.24) is 18.4 Å². The Morgan fingerprint density at radius 2 is 2.14 bits per heavy atom. The molecule has 0 unspecified atom stereocenters. The summed E-state index contributed by atoms with van der Waals surface area (Å²) in [6.07, 6.45) is 2.01. The van der Waals surface area contributed by atoms with E-state index < -0.39 is 10.2 Å². The summed E-state index contributed by atoms with van der Waals surface area (Å²) < 4.78 is 34.8. The van der Waals surface area contributed by atoms with E-state index in [1.165, 1.54) is 8.61 Å². The second-order valence-corrected chi connectivity index (χ2v) is 7.47. The lowest BCUT2D eigenvalue weighted by Crippen LogP contribution is -2.44. The van der Waals surface area contributed by atoms with Crippen molar-refractivity contribution >= 4 is 10.2 Å². The van der Waals surface area contributed by atoms with Crippen molar-refractivity contribution in [3.05, 3.63) is 17.5 Å². The second kappa shape index (κ2) is 6.43. The molecule has 2 heterocycles. The van der Waals surface area contributed by atoms with Crippen LogP contribution in [0.5, 0.6) is 0 Å². The molecule has 8 heteroatoms. The normalized spacial score (nSPS) is 20.0. The Morgan fingerprint density at radius 3 is 2.71 bits per heavy atom. The maximum atomic E-state index is 12.4. The number of hydrogen-bond acceptors (Lipinski definition) is 4. The number of ether oxygens (including phenoxy) is 1. The molecule has 7 nitrogen and oxygen atoms in total. The quantitative estimate of drug-likeness (QED) is 0.772. The molecule has 0 radical (unpaired) electrons. The Morgan fingerprint density at radius 1 is 1.43 bits per heavy atom. The molecule has 0 saturated carbocycles. The third-order valence-corrected chi connectivity index (χ3v) is 5.55. The van der Waals surface area contributed by atoms with Crippen molar-refractivity contribution in [3.8, 4) is 0 Å². The summed E-state index contributed by atoms with van der Waals surface area (Å²) in [4.78, 5) is 0. The molecular weight excluding hydrogens is 292 g/mol. The number of rotatable bonds is 6. The zero-order valence-corrected chi connectivity index (χ0v) is 13.9. The number of hydrogen-bond donors (Lipinski definition) is 0. The van der Waals surface area contributed by atoms with Gasteiger partial charge in [0, 0.05) is 51.5 Å². The molecule has 0 aromatic carbocycles. The van der Waals surface area contributed by atoms with Gasteiger partial charge in [-0.1, -0.05) is 0 Å². The fourth-order valence-corrected chi connectivity index (χ4v) is 3.60. The predicted octanol–water partition coefficient (Wildman–Crippen LogP) is 0.645. The van der Waals surface area contributed by atoms with Crippen molar-refractivity contribution in [2.45, 2.75) is 32.9 Å². The first-order valence-corrected chi connectivity index (χ1v) is 8.61. The Balaban J connectivity index is 2.32. The van der Waals surface area contributed by atoms with Crippen LogP contribution < -0.4 is 0 Å². The third-order valence-electron chi connectivity index (χ3n) is 3.70. The summed E-state index contributed by atoms with van der Waals surface area (Å²) in [5.41, 5.74) is 1.94. The highest BCUT2D eigenvalue weighted by Crippen LogP contribution is 2.30. The highest BCUT2D eigenvalue weighted by atomic mass is 32.2. The molecule has 120 valence electrons. The van der Waals surface area contributed by atoms with E-state index in [2.05, 4.69) is 5.10 Å². The Kier molecular flexibility index (Phi) is 5.03. The van der Waals surface area contributed by atoms with Crippen molar-refractivity contribution < 1.29 is 13.2 Å². The van der Waals surface area contributed by atoms with Crippen molar-refractivity contribution in [3.63, 3.8) is 0 Å². The zero-order chi connectivity index (χ0) is 15.6. The Bertz CT molecular complexity index is 582. The van der Waals surface area contributed by atoms with Gasteiger partial charge in [0.05, 0.1) is 18.8 Å². The molecule has 0 amide bonds. The SMILES string of the molecule is CCOC[C@H]1CN(S(=O)(=O)N(C)C)Cc2nn(CC)cc21. The van der Waals surface area contributed by atoms with Crippen molar-refractivity contribution in [2.24, 2.45) is 0 Å². The van der Waals surface area contributed by atoms with Crippen LogP contribution in [0.15, 0.2) is 6.20 Å². The van der Waals surface area contributed by atoms with Crippen molar-refractivity contribution in [1.29, 1.82) is 0 Å². The summed E-state index contributed by atoms with van der Waals surface area (Å²) in [7, 11) is -0.339. The molecule has 0 bridgehead atoms. The molecule has 21 heavy (non-hydrogen) atoms. The highest BCUT2D eigenvalue weighted by Gasteiger charge is 2.35. The van der Waals surface area contributed by atoms with Gasteiger partial charge in [-0.25, -0.2) is 0 Å². The zero-order valence-electron chi connectivity index (χ0n) is 13.1. The van der Waals surface area contributed by atoms with E-state index in [1.54, 1.807) is 14.1 Å². The first-order valence-electron chi connectivity index (χ1n) is 7.21. The molecular formula is C13H24N4O3S. The Labute approximate surface area is 126 Å². The first kappa shape index (κ1) is 16.4. The van der Waals surface area contributed by atoms with Gasteiger partial charge in [-0.15, -0.1) is 0 Å². The van der Waals surface area contributed by atoms with Crippen LogP contribution in [0.4, 0.5) is 0 Å². The molecule has 1 aromatic heterocycles. The van der Waals surface area contributed by atoms with E-state index in [-0.39, 0.29) is 5.92 Å². The van der Waals surface area contributed by atoms with E-state index in [0.717, 1.165) is 17.8 Å². The van der Waals surface area contributed by atoms with Gasteiger partial charge in [-0.2, -0.15) is 22.1 Å². The van der Waals surface area contributed by atoms with Gasteiger partial charge in [0.2, 0.25) is 0 Å². The molecule has 1 aliphatic rings. The molecule has 1 aliphatic heterocycles. The second-order valence-electron chi connectivity index (χ2n) is 5.33. The number of nitrogens with zero attached hydrogens (tertiary/aromatic N) is 4. The summed E-state index contributed by atoms with van der Waals surface area (Å²) in [5.74, 6) is 0.0312. The van der Waals surface area contributed by atoms with Crippen LogP contribution in [-0.2, 0) is 28.0 Å². The number of aromatic nitrogens is 2. The molecule has 1 atom stereocenters. The summed E-state index contributed by atoms with van der Waals surface area (Å²) >= 11 is 0. The number of aryl methyl sites for hydroxylation is 1. The van der Waals surface area contributed by atoms with Crippen LogP contribution in [0.2, 0.25) is 0 Å². The van der Waals surface area contributed by atoms with Crippen LogP contribution in [0, 0.1) is 0 Å². The number of fused-ring (bicyclic) bond motifs is 1. The van der Waals surface area contributed by atoms with E-state index in [4.69, 9.17) is 4.74 Å². The van der Waals surface area contributed by atoms with Crippen LogP contribution >= 0.6 is 0 Å². The summed E-state index contributed by atoms with van der Waals surface area (Å²) in [5, 5.41) is 4.49. The lowest BCUT2D eigenvalue weighted by atomic mass is 9.97. The lowest BCUT2D eigenvalue weighted by molar-refractivity contribution is 0.120. The minimum atomic E-state index is -3.44. The minimum Gasteiger partial charge on any atom is -0.381 e. The van der Waals surface area contributed by atoms with Gasteiger partial charge in [-0.3, -0.25) is 4.68 Å². The van der Waals surface area contributed by atoms with Crippen LogP contribution in [-0.4, -0.2) is 60.7 Å². The molecule has 0 spiro atoms. The van der Waals surface area contributed by atoms with Crippen LogP contribution in [0.25, 0.3) is 0 Å². The van der Waals surface area contributed by atoms with Gasteiger partial charge in [0.25, 0.3) is 10.2 Å². The average molecular weight is 316 g/mol. The molecule has 0 N–H and O–H groups in total. The van der Waals surface area contributed by atoms with E-state index >= 15 is 0 Å². The van der Waals surface area contributed by atoms with Gasteiger partial charge >= 0.3 is 0 Å². The summed E-state index contributed by atoms with van der Waals surface area (Å²) in [6.45, 7) is 6.62. The minimum absolute atomic E-state index is 0.0312. The first-order chi connectivity index (χ1) is 9.90. The molecule has 1 aromatic rings. The molecule has 0 fully saturated rings. The van der Waals surface area contributed by atoms with Gasteiger partial charge < -0.3 is 4.74 Å². The lowest BCUT2D eigenvalue weighted by Gasteiger charge is -2.32. The smallest absolute Gasteiger partial charge is 0.281 e. The molecule has 2 rings (SSSR count). The standard InChI is InChI=1S/C13H24N4O3S/c1-5-16-8-12-11(10-20-6-2)7-17(9-13(12)14-16)21(18,19)15(3)4/h8,11H,5-7,9-10H2,1-4H3/t11-/m1/s1. The van der Waals surface area contributed by atoms with E-state index in [0.29, 0.717) is 26.3 Å². The van der Waals surface area contributed by atoms with E-state index in [1.807, 2.05) is 24.7 Å². The Hall–Kier alpha value is -0.960. The van der Waals surface area contributed by atoms with Crippen LogP contribution in [0.3, 0.4) is 0 Å². The maximum Gasteiger partial charge on any atom is 0.281 e. The van der Waals surface area contributed by atoms with Gasteiger partial charge in [0.15, 0.2) is 0 Å². The van der Waals surface area contributed by atoms with Crippen molar-refractivity contribution in [2.75, 3.05) is 33.9 Å². The monoisotopic (exact) mass is 316 g/mol. The fourth-order valence-electron chi connectivity index (χ4n) is 2.49. The fraction of sp³-hybridized carbons (Fsp3) is 0.769. The van der Waals surface area contributed by atoms with Gasteiger partial charge in [0.1, 0.15) is 0 Å². The third kappa shape index (κ3) is 3.28. The molecule has 0 aliphatic carbocycles. The maximum absolute atomic E-state index is 12.4. The van der Waals surface area contributed by atoms with Crippen LogP contribution in [0.1, 0.15) is 31.0 Å². The van der Waals surface area contributed by atoms with Gasteiger partial charge in [-0.05, 0) is 13.8 Å². The highest BCUT2D eigenvalue weighted by molar-refractivity contribution is 7.86. The topological polar surface area (TPSA) is 67.7 Å². The van der Waals surface area contributed by atoms with E-state index in [9.17, 15) is 8.42 Å². The molecule has 0 saturated heterocycles. The largest absolute Gasteiger partial charge is 0.381 e.